The van der Waals surface area contributed by atoms with Gasteiger partial charge >= 0.3 is 0 Å². The number of aliphatic imine (C=N–C) groups is 1. The van der Waals surface area contributed by atoms with Gasteiger partial charge in [-0.3, -0.25) is 9.89 Å². The van der Waals surface area contributed by atoms with Crippen LogP contribution in [0.5, 0.6) is 0 Å². The van der Waals surface area contributed by atoms with Gasteiger partial charge in [-0.2, -0.15) is 0 Å². The maximum absolute atomic E-state index is 6.00. The van der Waals surface area contributed by atoms with Crippen LogP contribution in [0.25, 0.3) is 0 Å². The molecule has 4 rings (SSSR count). The molecule has 4 unspecified atom stereocenters. The van der Waals surface area contributed by atoms with Gasteiger partial charge in [0.05, 0.1) is 6.10 Å². The Kier molecular flexibility index (Phi) is 4.98. The van der Waals surface area contributed by atoms with Crippen LogP contribution in [0.3, 0.4) is 0 Å². The largest absolute Gasteiger partial charge is 0.378 e. The second-order valence-corrected chi connectivity index (χ2v) is 8.64. The van der Waals surface area contributed by atoms with Crippen LogP contribution >= 0.6 is 0 Å². The van der Waals surface area contributed by atoms with Gasteiger partial charge in [0.1, 0.15) is 0 Å². The van der Waals surface area contributed by atoms with Crippen molar-refractivity contribution in [2.45, 2.75) is 96.0 Å². The molecule has 4 aliphatic rings. The highest BCUT2D eigenvalue weighted by Gasteiger charge is 2.59. The third kappa shape index (κ3) is 3.30. The molecule has 142 valence electrons. The minimum Gasteiger partial charge on any atom is -0.378 e. The molecule has 0 amide bonds. The molecule has 5 nitrogen and oxygen atoms in total. The van der Waals surface area contributed by atoms with E-state index < -0.39 is 0 Å². The second-order valence-electron chi connectivity index (χ2n) is 8.64. The first-order valence-electron chi connectivity index (χ1n) is 10.6. The molecule has 0 aromatic carbocycles. The Labute approximate surface area is 153 Å². The van der Waals surface area contributed by atoms with Gasteiger partial charge in [-0.25, -0.2) is 0 Å². The number of likely N-dealkylation sites (tertiary alicyclic amines) is 1. The molecule has 4 fully saturated rings. The Bertz CT molecular complexity index is 500. The Morgan fingerprint density at radius 3 is 2.60 bits per heavy atom. The van der Waals surface area contributed by atoms with Crippen LogP contribution < -0.4 is 10.6 Å². The maximum Gasteiger partial charge on any atom is 0.191 e. The van der Waals surface area contributed by atoms with Gasteiger partial charge in [0.2, 0.25) is 0 Å². The summed E-state index contributed by atoms with van der Waals surface area (Å²) in [7, 11) is 0. The lowest BCUT2D eigenvalue weighted by Crippen LogP contribution is -2.69. The van der Waals surface area contributed by atoms with Gasteiger partial charge < -0.3 is 15.4 Å². The van der Waals surface area contributed by atoms with E-state index in [4.69, 9.17) is 9.73 Å². The molecule has 5 heteroatoms. The number of hydrogen-bond donors (Lipinski definition) is 2. The first kappa shape index (κ1) is 17.6. The molecule has 1 saturated heterocycles. The average Bonchev–Trinajstić information content (AvgIpc) is 3.28. The summed E-state index contributed by atoms with van der Waals surface area (Å²) < 4.78 is 6.00. The van der Waals surface area contributed by atoms with Crippen LogP contribution in [0.1, 0.15) is 65.7 Å². The molecule has 25 heavy (non-hydrogen) atoms. The van der Waals surface area contributed by atoms with Crippen LogP contribution in [-0.4, -0.2) is 60.8 Å². The van der Waals surface area contributed by atoms with Crippen molar-refractivity contribution in [3.63, 3.8) is 0 Å². The first-order valence-corrected chi connectivity index (χ1v) is 10.6. The topological polar surface area (TPSA) is 48.9 Å². The van der Waals surface area contributed by atoms with E-state index in [9.17, 15) is 0 Å². The zero-order valence-corrected chi connectivity index (χ0v) is 16.3. The van der Waals surface area contributed by atoms with E-state index in [1.165, 1.54) is 45.1 Å². The summed E-state index contributed by atoms with van der Waals surface area (Å²) in [6, 6.07) is 2.64. The normalized spacial score (nSPS) is 37.6. The summed E-state index contributed by atoms with van der Waals surface area (Å²) in [5.74, 6) is 1.03. The lowest BCUT2D eigenvalue weighted by atomic mass is 9.51. The third-order valence-corrected chi connectivity index (χ3v) is 7.04. The van der Waals surface area contributed by atoms with Crippen LogP contribution in [0, 0.1) is 5.41 Å². The summed E-state index contributed by atoms with van der Waals surface area (Å²) >= 11 is 0. The monoisotopic (exact) mass is 348 g/mol. The second kappa shape index (κ2) is 7.07. The molecule has 0 aromatic heterocycles. The van der Waals surface area contributed by atoms with Gasteiger partial charge in [0, 0.05) is 49.3 Å². The quantitative estimate of drug-likeness (QED) is 0.572. The van der Waals surface area contributed by atoms with Crippen molar-refractivity contribution >= 4 is 5.96 Å². The van der Waals surface area contributed by atoms with Gasteiger partial charge in [-0.05, 0) is 59.3 Å². The van der Waals surface area contributed by atoms with Crippen molar-refractivity contribution in [2.75, 3.05) is 19.7 Å². The fraction of sp³-hybridized carbons (Fsp3) is 0.950. The number of nitrogens with one attached hydrogen (secondary N) is 2. The predicted octanol–water partition coefficient (Wildman–Crippen LogP) is 2.51. The van der Waals surface area contributed by atoms with E-state index in [0.29, 0.717) is 29.6 Å². The zero-order chi connectivity index (χ0) is 17.4. The Morgan fingerprint density at radius 1 is 1.20 bits per heavy atom. The number of rotatable bonds is 6. The molecule has 0 aromatic rings. The summed E-state index contributed by atoms with van der Waals surface area (Å²) in [5, 5.41) is 7.53. The minimum absolute atomic E-state index is 0.384. The van der Waals surface area contributed by atoms with E-state index in [-0.39, 0.29) is 0 Å². The van der Waals surface area contributed by atoms with E-state index >= 15 is 0 Å². The maximum atomic E-state index is 6.00. The molecule has 3 saturated carbocycles. The van der Waals surface area contributed by atoms with Crippen LogP contribution in [0.4, 0.5) is 0 Å². The molecule has 4 atom stereocenters. The molecular formula is C20H36N4O. The number of nitrogens with zero attached hydrogens (tertiary/aromatic N) is 2. The van der Waals surface area contributed by atoms with E-state index in [1.54, 1.807) is 0 Å². The standard InChI is InChI=1S/C20H36N4O/c1-4-21-19(22-15-11-14(3)24(13-15)16-7-8-16)23-17-12-18(25-5-2)20(17)9-6-10-20/h14-18H,4-13H2,1-3H3,(H2,21,22,23). The number of ether oxygens (including phenoxy) is 1. The lowest BCUT2D eigenvalue weighted by molar-refractivity contribution is -0.168. The highest BCUT2D eigenvalue weighted by molar-refractivity contribution is 5.80. The summed E-state index contributed by atoms with van der Waals surface area (Å²) in [6.45, 7) is 9.47. The van der Waals surface area contributed by atoms with Crippen LogP contribution in [0.15, 0.2) is 4.99 Å². The lowest BCUT2D eigenvalue weighted by Gasteiger charge is -2.61. The average molecular weight is 349 g/mol. The molecule has 1 heterocycles. The molecule has 2 N–H and O–H groups in total. The van der Waals surface area contributed by atoms with Crippen molar-refractivity contribution in [1.29, 1.82) is 0 Å². The van der Waals surface area contributed by atoms with E-state index in [2.05, 4.69) is 36.3 Å². The zero-order valence-electron chi connectivity index (χ0n) is 16.3. The third-order valence-electron chi connectivity index (χ3n) is 7.04. The fourth-order valence-electron chi connectivity index (χ4n) is 5.37. The highest BCUT2D eigenvalue weighted by atomic mass is 16.5. The molecule has 0 radical (unpaired) electrons. The van der Waals surface area contributed by atoms with Crippen molar-refractivity contribution in [3.05, 3.63) is 0 Å². The Morgan fingerprint density at radius 2 is 2.00 bits per heavy atom. The van der Waals surface area contributed by atoms with E-state index in [1.807, 2.05) is 0 Å². The highest BCUT2D eigenvalue weighted by Crippen LogP contribution is 2.57. The van der Waals surface area contributed by atoms with Crippen molar-refractivity contribution in [3.8, 4) is 0 Å². The summed E-state index contributed by atoms with van der Waals surface area (Å²) in [6.07, 6.45) is 9.60. The van der Waals surface area contributed by atoms with Crippen LogP contribution in [0.2, 0.25) is 0 Å². The number of hydrogen-bond acceptors (Lipinski definition) is 3. The van der Waals surface area contributed by atoms with Gasteiger partial charge in [-0.15, -0.1) is 0 Å². The minimum atomic E-state index is 0.384. The van der Waals surface area contributed by atoms with Gasteiger partial charge in [0.15, 0.2) is 5.96 Å². The first-order chi connectivity index (χ1) is 12.2. The summed E-state index contributed by atoms with van der Waals surface area (Å²) in [4.78, 5) is 7.45. The van der Waals surface area contributed by atoms with E-state index in [0.717, 1.165) is 31.6 Å². The predicted molar refractivity (Wildman–Crippen MR) is 102 cm³/mol. The molecule has 0 bridgehead atoms. The molecular weight excluding hydrogens is 312 g/mol. The fourth-order valence-corrected chi connectivity index (χ4v) is 5.37. The smallest absolute Gasteiger partial charge is 0.191 e. The van der Waals surface area contributed by atoms with Gasteiger partial charge in [-0.1, -0.05) is 6.42 Å². The molecule has 3 aliphatic carbocycles. The van der Waals surface area contributed by atoms with Gasteiger partial charge in [0.25, 0.3) is 0 Å². The van der Waals surface area contributed by atoms with Crippen molar-refractivity contribution in [1.82, 2.24) is 15.5 Å². The van der Waals surface area contributed by atoms with Crippen molar-refractivity contribution in [2.24, 2.45) is 10.4 Å². The SMILES string of the molecule is CCN=C(NC1CC(C)N(C2CC2)C1)NC1CC(OCC)C12CCC2. The molecule has 1 aliphatic heterocycles. The number of guanidine groups is 1. The summed E-state index contributed by atoms with van der Waals surface area (Å²) in [5.41, 5.74) is 0.384. The Balaban J connectivity index is 1.34. The van der Waals surface area contributed by atoms with Crippen LogP contribution in [-0.2, 0) is 4.74 Å². The van der Waals surface area contributed by atoms with Crippen molar-refractivity contribution < 1.29 is 4.74 Å². The molecule has 1 spiro atoms. The Hall–Kier alpha value is -0.810.